The van der Waals surface area contributed by atoms with E-state index in [4.69, 9.17) is 9.47 Å². The minimum atomic E-state index is 0.482. The maximum absolute atomic E-state index is 5.26. The summed E-state index contributed by atoms with van der Waals surface area (Å²) in [6, 6.07) is 0. The summed E-state index contributed by atoms with van der Waals surface area (Å²) in [5.41, 5.74) is 1.08. The Labute approximate surface area is 88.3 Å². The van der Waals surface area contributed by atoms with Crippen LogP contribution in [0.5, 0.6) is 0 Å². The second-order valence-electron chi connectivity index (χ2n) is 2.88. The highest BCUT2D eigenvalue weighted by atomic mass is 32.1. The molecule has 14 heavy (non-hydrogen) atoms. The van der Waals surface area contributed by atoms with Crippen LogP contribution in [-0.2, 0) is 9.47 Å². The second-order valence-corrected chi connectivity index (χ2v) is 4.09. The number of rotatable bonds is 6. The van der Waals surface area contributed by atoms with E-state index in [0.717, 1.165) is 10.8 Å². The van der Waals surface area contributed by atoms with Crippen molar-refractivity contribution in [2.24, 2.45) is 0 Å². The molecule has 1 N–H and O–H groups in total. The molecule has 5 heteroatoms. The van der Waals surface area contributed by atoms with Gasteiger partial charge in [-0.15, -0.1) is 11.3 Å². The molecule has 0 amide bonds. The van der Waals surface area contributed by atoms with Gasteiger partial charge in [-0.05, 0) is 13.8 Å². The molecule has 1 rings (SSSR count). The third-order valence-corrected chi connectivity index (χ3v) is 2.82. The van der Waals surface area contributed by atoms with Crippen molar-refractivity contribution in [3.05, 3.63) is 10.6 Å². The lowest BCUT2D eigenvalue weighted by atomic mass is 10.4. The van der Waals surface area contributed by atoms with Crippen LogP contribution in [0.3, 0.4) is 0 Å². The first kappa shape index (κ1) is 11.4. The van der Waals surface area contributed by atoms with Crippen molar-refractivity contribution in [1.82, 2.24) is 4.98 Å². The summed E-state index contributed by atoms with van der Waals surface area (Å²) in [5.74, 6) is 0. The van der Waals surface area contributed by atoms with Crippen LogP contribution < -0.4 is 5.32 Å². The normalized spacial score (nSPS) is 10.5. The molecule has 4 nitrogen and oxygen atoms in total. The van der Waals surface area contributed by atoms with Gasteiger partial charge in [0.15, 0.2) is 5.13 Å². The molecule has 0 bridgehead atoms. The van der Waals surface area contributed by atoms with Gasteiger partial charge in [-0.25, -0.2) is 4.98 Å². The predicted octanol–water partition coefficient (Wildman–Crippen LogP) is 1.79. The highest BCUT2D eigenvalue weighted by molar-refractivity contribution is 7.15. The number of hydrogen-bond donors (Lipinski definition) is 1. The van der Waals surface area contributed by atoms with Crippen LogP contribution in [0.2, 0.25) is 0 Å². The van der Waals surface area contributed by atoms with Crippen LogP contribution in [0.25, 0.3) is 0 Å². The quantitative estimate of drug-likeness (QED) is 0.581. The molecule has 0 atom stereocenters. The molecule has 0 aromatic carbocycles. The van der Waals surface area contributed by atoms with Crippen LogP contribution >= 0.6 is 11.3 Å². The molecule has 1 aromatic heterocycles. The van der Waals surface area contributed by atoms with Gasteiger partial charge in [0.05, 0.1) is 18.9 Å². The number of hydrogen-bond acceptors (Lipinski definition) is 5. The van der Waals surface area contributed by atoms with E-state index >= 15 is 0 Å². The van der Waals surface area contributed by atoms with Gasteiger partial charge in [-0.1, -0.05) is 0 Å². The van der Waals surface area contributed by atoms with E-state index in [-0.39, 0.29) is 0 Å². The van der Waals surface area contributed by atoms with Gasteiger partial charge in [-0.3, -0.25) is 0 Å². The number of aryl methyl sites for hydroxylation is 2. The van der Waals surface area contributed by atoms with E-state index in [1.165, 1.54) is 4.88 Å². The van der Waals surface area contributed by atoms with Crippen molar-refractivity contribution in [3.63, 3.8) is 0 Å². The number of methoxy groups -OCH3 is 1. The Morgan fingerprint density at radius 1 is 1.36 bits per heavy atom. The van der Waals surface area contributed by atoms with Crippen LogP contribution in [0.15, 0.2) is 0 Å². The molecule has 0 unspecified atom stereocenters. The van der Waals surface area contributed by atoms with Crippen molar-refractivity contribution in [1.29, 1.82) is 0 Å². The average Bonchev–Trinajstić information content (AvgIpc) is 2.46. The van der Waals surface area contributed by atoms with E-state index in [0.29, 0.717) is 19.9 Å². The van der Waals surface area contributed by atoms with Crippen LogP contribution in [0, 0.1) is 13.8 Å². The van der Waals surface area contributed by atoms with Crippen molar-refractivity contribution >= 4 is 16.5 Å². The van der Waals surface area contributed by atoms with Gasteiger partial charge >= 0.3 is 0 Å². The van der Waals surface area contributed by atoms with Crippen LogP contribution in [0.1, 0.15) is 10.6 Å². The first-order valence-electron chi connectivity index (χ1n) is 4.48. The molecule has 0 fully saturated rings. The molecule has 0 aliphatic carbocycles. The van der Waals surface area contributed by atoms with E-state index < -0.39 is 0 Å². The molecule has 0 spiro atoms. The maximum Gasteiger partial charge on any atom is 0.184 e. The summed E-state index contributed by atoms with van der Waals surface area (Å²) in [7, 11) is 1.66. The molecule has 0 saturated heterocycles. The summed E-state index contributed by atoms with van der Waals surface area (Å²) in [6.45, 7) is 5.77. The van der Waals surface area contributed by atoms with Gasteiger partial charge in [0.1, 0.15) is 6.73 Å². The van der Waals surface area contributed by atoms with E-state index in [1.807, 2.05) is 6.92 Å². The Hall–Kier alpha value is -0.650. The van der Waals surface area contributed by atoms with E-state index in [1.54, 1.807) is 18.4 Å². The molecule has 1 aromatic rings. The lowest BCUT2D eigenvalue weighted by Crippen LogP contribution is -2.09. The Morgan fingerprint density at radius 2 is 2.14 bits per heavy atom. The minimum absolute atomic E-state index is 0.482. The average molecular weight is 216 g/mol. The first-order valence-corrected chi connectivity index (χ1v) is 5.30. The molecular formula is C9H16N2O2S. The number of aromatic nitrogens is 1. The third kappa shape index (κ3) is 3.61. The molecule has 80 valence electrons. The lowest BCUT2D eigenvalue weighted by molar-refractivity contribution is 0.0802. The Balaban J connectivity index is 2.18. The predicted molar refractivity (Wildman–Crippen MR) is 57.9 cm³/mol. The maximum atomic E-state index is 5.26. The lowest BCUT2D eigenvalue weighted by Gasteiger charge is -2.03. The van der Waals surface area contributed by atoms with E-state index in [9.17, 15) is 0 Å². The van der Waals surface area contributed by atoms with Crippen LogP contribution in [-0.4, -0.2) is 32.0 Å². The number of nitrogens with zero attached hydrogens (tertiary/aromatic N) is 1. The minimum Gasteiger partial charge on any atom is -0.382 e. The van der Waals surface area contributed by atoms with Gasteiger partial charge in [0.2, 0.25) is 0 Å². The SMILES string of the molecule is COCCOCNc1nc(C)c(C)s1. The number of thiazole rings is 1. The molecule has 0 aliphatic rings. The summed E-state index contributed by atoms with van der Waals surface area (Å²) in [5, 5.41) is 4.01. The zero-order chi connectivity index (χ0) is 10.4. The summed E-state index contributed by atoms with van der Waals surface area (Å²) in [4.78, 5) is 5.56. The standard InChI is InChI=1S/C9H16N2O2S/c1-7-8(2)14-9(11-7)10-6-13-5-4-12-3/h4-6H2,1-3H3,(H,10,11). The molecular weight excluding hydrogens is 200 g/mol. The van der Waals surface area contributed by atoms with Crippen molar-refractivity contribution < 1.29 is 9.47 Å². The zero-order valence-corrected chi connectivity index (χ0v) is 9.61. The first-order chi connectivity index (χ1) is 6.74. The zero-order valence-electron chi connectivity index (χ0n) is 8.79. The fourth-order valence-electron chi connectivity index (χ4n) is 0.876. The smallest absolute Gasteiger partial charge is 0.184 e. The van der Waals surface area contributed by atoms with Crippen molar-refractivity contribution in [2.45, 2.75) is 13.8 Å². The molecule has 1 heterocycles. The van der Waals surface area contributed by atoms with Crippen molar-refractivity contribution in [3.8, 4) is 0 Å². The highest BCUT2D eigenvalue weighted by Gasteiger charge is 2.01. The van der Waals surface area contributed by atoms with Gasteiger partial charge in [0.25, 0.3) is 0 Å². The van der Waals surface area contributed by atoms with Gasteiger partial charge in [-0.2, -0.15) is 0 Å². The molecule has 0 aliphatic heterocycles. The topological polar surface area (TPSA) is 43.4 Å². The number of anilines is 1. The molecule has 0 radical (unpaired) electrons. The van der Waals surface area contributed by atoms with Crippen LogP contribution in [0.4, 0.5) is 5.13 Å². The number of nitrogens with one attached hydrogen (secondary N) is 1. The van der Waals surface area contributed by atoms with Crippen molar-refractivity contribution in [2.75, 3.05) is 32.4 Å². The third-order valence-electron chi connectivity index (χ3n) is 1.79. The monoisotopic (exact) mass is 216 g/mol. The second kappa shape index (κ2) is 5.95. The van der Waals surface area contributed by atoms with Gasteiger partial charge in [0, 0.05) is 12.0 Å². The Kier molecular flexibility index (Phi) is 4.86. The fourth-order valence-corrected chi connectivity index (χ4v) is 1.67. The molecule has 0 saturated carbocycles. The largest absolute Gasteiger partial charge is 0.382 e. The Bertz CT molecular complexity index is 256. The summed E-state index contributed by atoms with van der Waals surface area (Å²) in [6.07, 6.45) is 0. The summed E-state index contributed by atoms with van der Waals surface area (Å²) >= 11 is 1.64. The highest BCUT2D eigenvalue weighted by Crippen LogP contribution is 2.20. The van der Waals surface area contributed by atoms with E-state index in [2.05, 4.69) is 17.2 Å². The fraction of sp³-hybridized carbons (Fsp3) is 0.667. The number of ether oxygens (including phenoxy) is 2. The Morgan fingerprint density at radius 3 is 2.71 bits per heavy atom. The summed E-state index contributed by atoms with van der Waals surface area (Å²) < 4.78 is 10.1. The van der Waals surface area contributed by atoms with Gasteiger partial charge < -0.3 is 14.8 Å².